The van der Waals surface area contributed by atoms with Crippen LogP contribution in [-0.4, -0.2) is 35.6 Å². The molecule has 3 rings (SSSR count). The van der Waals surface area contributed by atoms with Crippen LogP contribution in [0.25, 0.3) is 11.3 Å². The molecule has 0 radical (unpaired) electrons. The number of benzene rings is 1. The number of carbonyl (C=O) groups is 1. The van der Waals surface area contributed by atoms with E-state index < -0.39 is 5.97 Å². The fourth-order valence-electron chi connectivity index (χ4n) is 2.26. The van der Waals surface area contributed by atoms with E-state index in [0.29, 0.717) is 23.7 Å². The van der Waals surface area contributed by atoms with Gasteiger partial charge in [-0.2, -0.15) is 0 Å². The van der Waals surface area contributed by atoms with E-state index in [9.17, 15) is 4.79 Å². The quantitative estimate of drug-likeness (QED) is 0.911. The number of hydrogen-bond acceptors (Lipinski definition) is 5. The average Bonchev–Trinajstić information content (AvgIpc) is 3.17. The molecule has 0 spiro atoms. The molecule has 1 N–H and O–H groups in total. The maximum absolute atomic E-state index is 10.9. The van der Waals surface area contributed by atoms with Gasteiger partial charge in [0.25, 0.3) is 0 Å². The summed E-state index contributed by atoms with van der Waals surface area (Å²) in [6.07, 6.45) is 2.16. The standard InChI is InChI=1S/C15H15NO5/c17-15(18)12-8-14(21-16-12)11-5-1-2-6-13(11)20-9-10-4-3-7-19-10/h1-2,5-6,8,10H,3-4,7,9H2,(H,17,18). The molecule has 0 saturated carbocycles. The highest BCUT2D eigenvalue weighted by Gasteiger charge is 2.19. The third kappa shape index (κ3) is 3.05. The lowest BCUT2D eigenvalue weighted by Gasteiger charge is -2.13. The number of rotatable bonds is 5. The summed E-state index contributed by atoms with van der Waals surface area (Å²) in [6.45, 7) is 1.25. The number of hydrogen-bond donors (Lipinski definition) is 1. The summed E-state index contributed by atoms with van der Waals surface area (Å²) in [4.78, 5) is 10.9. The molecule has 1 aromatic carbocycles. The van der Waals surface area contributed by atoms with E-state index in [1.807, 2.05) is 18.2 Å². The van der Waals surface area contributed by atoms with Crippen LogP contribution < -0.4 is 4.74 Å². The van der Waals surface area contributed by atoms with E-state index in [4.69, 9.17) is 19.1 Å². The van der Waals surface area contributed by atoms with Crippen molar-refractivity contribution in [2.75, 3.05) is 13.2 Å². The van der Waals surface area contributed by atoms with Crippen molar-refractivity contribution < 1.29 is 23.9 Å². The summed E-state index contributed by atoms with van der Waals surface area (Å²) in [6, 6.07) is 8.68. The molecule has 1 aromatic heterocycles. The summed E-state index contributed by atoms with van der Waals surface area (Å²) < 4.78 is 16.4. The molecule has 21 heavy (non-hydrogen) atoms. The molecule has 1 atom stereocenters. The van der Waals surface area contributed by atoms with Gasteiger partial charge in [-0.1, -0.05) is 17.3 Å². The first-order chi connectivity index (χ1) is 10.2. The third-order valence-corrected chi connectivity index (χ3v) is 3.33. The molecule has 1 fully saturated rings. The fourth-order valence-corrected chi connectivity index (χ4v) is 2.26. The Bertz CT molecular complexity index is 630. The van der Waals surface area contributed by atoms with E-state index in [1.54, 1.807) is 6.07 Å². The van der Waals surface area contributed by atoms with Crippen LogP contribution >= 0.6 is 0 Å². The smallest absolute Gasteiger partial charge is 0.358 e. The van der Waals surface area contributed by atoms with Gasteiger partial charge in [0.05, 0.1) is 11.7 Å². The Morgan fingerprint density at radius 1 is 1.43 bits per heavy atom. The summed E-state index contributed by atoms with van der Waals surface area (Å²) >= 11 is 0. The van der Waals surface area contributed by atoms with Crippen LogP contribution in [0.2, 0.25) is 0 Å². The van der Waals surface area contributed by atoms with Gasteiger partial charge in [0.2, 0.25) is 0 Å². The predicted octanol–water partition coefficient (Wildman–Crippen LogP) is 2.60. The van der Waals surface area contributed by atoms with E-state index in [-0.39, 0.29) is 11.8 Å². The van der Waals surface area contributed by atoms with Crippen LogP contribution in [0.4, 0.5) is 0 Å². The monoisotopic (exact) mass is 289 g/mol. The predicted molar refractivity (Wildman–Crippen MR) is 73.4 cm³/mol. The van der Waals surface area contributed by atoms with Gasteiger partial charge < -0.3 is 19.1 Å². The Kier molecular flexibility index (Phi) is 3.87. The molecule has 1 aliphatic rings. The van der Waals surface area contributed by atoms with Gasteiger partial charge in [0.15, 0.2) is 11.5 Å². The van der Waals surface area contributed by atoms with E-state index in [0.717, 1.165) is 19.4 Å². The highest BCUT2D eigenvalue weighted by Crippen LogP contribution is 2.30. The zero-order chi connectivity index (χ0) is 14.7. The first-order valence-electron chi connectivity index (χ1n) is 6.78. The molecule has 110 valence electrons. The topological polar surface area (TPSA) is 81.8 Å². The van der Waals surface area contributed by atoms with Gasteiger partial charge in [0, 0.05) is 12.7 Å². The molecule has 0 bridgehead atoms. The molecule has 1 unspecified atom stereocenters. The van der Waals surface area contributed by atoms with E-state index in [2.05, 4.69) is 5.16 Å². The number of aromatic nitrogens is 1. The van der Waals surface area contributed by atoms with Crippen LogP contribution in [0.3, 0.4) is 0 Å². The highest BCUT2D eigenvalue weighted by atomic mass is 16.5. The van der Waals surface area contributed by atoms with Crippen molar-refractivity contribution in [1.82, 2.24) is 5.16 Å². The summed E-state index contributed by atoms with van der Waals surface area (Å²) in [5.41, 5.74) is 0.550. The first-order valence-corrected chi connectivity index (χ1v) is 6.78. The Morgan fingerprint density at radius 2 is 2.29 bits per heavy atom. The van der Waals surface area contributed by atoms with Crippen LogP contribution in [0.5, 0.6) is 5.75 Å². The minimum Gasteiger partial charge on any atom is -0.490 e. The molecular formula is C15H15NO5. The molecule has 1 aliphatic heterocycles. The van der Waals surface area contributed by atoms with Gasteiger partial charge in [-0.05, 0) is 25.0 Å². The van der Waals surface area contributed by atoms with Crippen molar-refractivity contribution in [3.05, 3.63) is 36.0 Å². The molecule has 1 saturated heterocycles. The van der Waals surface area contributed by atoms with Gasteiger partial charge in [-0.15, -0.1) is 0 Å². The van der Waals surface area contributed by atoms with Crippen molar-refractivity contribution in [2.24, 2.45) is 0 Å². The van der Waals surface area contributed by atoms with Crippen molar-refractivity contribution in [2.45, 2.75) is 18.9 Å². The average molecular weight is 289 g/mol. The second kappa shape index (κ2) is 5.97. The van der Waals surface area contributed by atoms with Gasteiger partial charge in [-0.25, -0.2) is 4.79 Å². The second-order valence-corrected chi connectivity index (χ2v) is 4.82. The Labute approximate surface area is 121 Å². The third-order valence-electron chi connectivity index (χ3n) is 3.33. The lowest BCUT2D eigenvalue weighted by molar-refractivity contribution is 0.0679. The maximum Gasteiger partial charge on any atom is 0.358 e. The Balaban J connectivity index is 1.79. The molecular weight excluding hydrogens is 274 g/mol. The largest absolute Gasteiger partial charge is 0.490 e. The first kappa shape index (κ1) is 13.6. The molecule has 6 nitrogen and oxygen atoms in total. The van der Waals surface area contributed by atoms with Crippen molar-refractivity contribution in [3.63, 3.8) is 0 Å². The van der Waals surface area contributed by atoms with Crippen molar-refractivity contribution >= 4 is 5.97 Å². The number of aromatic carboxylic acids is 1. The van der Waals surface area contributed by atoms with Crippen molar-refractivity contribution in [3.8, 4) is 17.1 Å². The van der Waals surface area contributed by atoms with Crippen molar-refractivity contribution in [1.29, 1.82) is 0 Å². The molecule has 2 heterocycles. The van der Waals surface area contributed by atoms with Gasteiger partial charge >= 0.3 is 5.97 Å². The molecule has 2 aromatic rings. The lowest BCUT2D eigenvalue weighted by atomic mass is 10.1. The van der Waals surface area contributed by atoms with Crippen LogP contribution in [0, 0.1) is 0 Å². The van der Waals surface area contributed by atoms with Gasteiger partial charge in [0.1, 0.15) is 12.4 Å². The number of para-hydroxylation sites is 1. The van der Waals surface area contributed by atoms with Gasteiger partial charge in [-0.3, -0.25) is 0 Å². The van der Waals surface area contributed by atoms with Crippen LogP contribution in [-0.2, 0) is 4.74 Å². The second-order valence-electron chi connectivity index (χ2n) is 4.82. The minimum absolute atomic E-state index is 0.113. The SMILES string of the molecule is O=C(O)c1cc(-c2ccccc2OCC2CCCO2)on1. The number of ether oxygens (including phenoxy) is 2. The number of carboxylic acid groups (broad SMARTS) is 1. The zero-order valence-corrected chi connectivity index (χ0v) is 11.3. The Hall–Kier alpha value is -2.34. The highest BCUT2D eigenvalue weighted by molar-refractivity contribution is 5.86. The normalized spacial score (nSPS) is 17.8. The maximum atomic E-state index is 10.9. The number of nitrogens with zero attached hydrogens (tertiary/aromatic N) is 1. The van der Waals surface area contributed by atoms with Crippen LogP contribution in [0.1, 0.15) is 23.3 Å². The summed E-state index contributed by atoms with van der Waals surface area (Å²) in [5, 5.41) is 12.4. The van der Waals surface area contributed by atoms with E-state index in [1.165, 1.54) is 6.07 Å². The summed E-state index contributed by atoms with van der Waals surface area (Å²) in [7, 11) is 0. The molecule has 0 amide bonds. The van der Waals surface area contributed by atoms with E-state index >= 15 is 0 Å². The number of carboxylic acids is 1. The lowest BCUT2D eigenvalue weighted by Crippen LogP contribution is -2.16. The minimum atomic E-state index is -1.12. The zero-order valence-electron chi connectivity index (χ0n) is 11.3. The molecule has 6 heteroatoms. The molecule has 0 aliphatic carbocycles. The van der Waals surface area contributed by atoms with Crippen LogP contribution in [0.15, 0.2) is 34.9 Å². The summed E-state index contributed by atoms with van der Waals surface area (Å²) in [5.74, 6) is -0.126. The fraction of sp³-hybridized carbons (Fsp3) is 0.333. The Morgan fingerprint density at radius 3 is 3.00 bits per heavy atom.